The summed E-state index contributed by atoms with van der Waals surface area (Å²) in [6.07, 6.45) is 9.88. The molecule has 88 valence electrons. The number of nitrogens with zero attached hydrogens (tertiary/aromatic N) is 1. The summed E-state index contributed by atoms with van der Waals surface area (Å²) in [5.41, 5.74) is 6.60. The molecule has 0 aromatic heterocycles. The van der Waals surface area contributed by atoms with Gasteiger partial charge in [-0.2, -0.15) is 0 Å². The zero-order valence-electron chi connectivity index (χ0n) is 10.3. The fraction of sp³-hybridized carbons (Fsp3) is 0.353. The van der Waals surface area contributed by atoms with Crippen LogP contribution in [0.15, 0.2) is 42.5 Å². The van der Waals surface area contributed by atoms with Gasteiger partial charge in [0.05, 0.1) is 5.69 Å². The number of rotatable bonds is 0. The third-order valence-electron chi connectivity index (χ3n) is 5.48. The molecule has 0 N–H and O–H groups in total. The van der Waals surface area contributed by atoms with E-state index in [1.165, 1.54) is 42.6 Å². The van der Waals surface area contributed by atoms with Crippen LogP contribution in [0.2, 0.25) is 0 Å². The molecule has 1 heteroatoms. The Morgan fingerprint density at radius 3 is 2.89 bits per heavy atom. The molecule has 5 rings (SSSR count). The van der Waals surface area contributed by atoms with Crippen molar-refractivity contribution in [3.05, 3.63) is 53.7 Å². The van der Waals surface area contributed by atoms with Crippen LogP contribution < -0.4 is 0 Å². The third kappa shape index (κ3) is 0.838. The molecule has 0 radical (unpaired) electrons. The Morgan fingerprint density at radius 2 is 1.89 bits per heavy atom. The van der Waals surface area contributed by atoms with Crippen molar-refractivity contribution in [1.29, 1.82) is 0 Å². The van der Waals surface area contributed by atoms with Crippen LogP contribution in [0, 0.1) is 5.41 Å². The fourth-order valence-corrected chi connectivity index (χ4v) is 4.63. The Kier molecular flexibility index (Phi) is 1.39. The van der Waals surface area contributed by atoms with Crippen molar-refractivity contribution in [3.8, 4) is 11.3 Å². The highest BCUT2D eigenvalue weighted by atomic mass is 14.9. The second-order valence-corrected chi connectivity index (χ2v) is 6.24. The Bertz CT molecular complexity index is 671. The molecular weight excluding hydrogens is 218 g/mol. The van der Waals surface area contributed by atoms with E-state index < -0.39 is 0 Å². The Labute approximate surface area is 107 Å². The lowest BCUT2D eigenvalue weighted by atomic mass is 9.82. The molecule has 0 aromatic carbocycles. The number of hydrogen-bond donors (Lipinski definition) is 0. The lowest BCUT2D eigenvalue weighted by Gasteiger charge is -2.21. The second kappa shape index (κ2) is 2.69. The first-order chi connectivity index (χ1) is 8.85. The maximum absolute atomic E-state index is 4.90. The highest BCUT2D eigenvalue weighted by Crippen LogP contribution is 2.77. The normalized spacial score (nSPS) is 35.1. The lowest BCUT2D eigenvalue weighted by molar-refractivity contribution is 0.435. The van der Waals surface area contributed by atoms with Crippen LogP contribution in [0.1, 0.15) is 30.5 Å². The standard InChI is InChI=1S/C17H15N/c1-2-6-12-13(7-3-1)18-14-10-16-8-4-5-9-17(16,11-16)15(12)14/h1-7H,8-11H2. The summed E-state index contributed by atoms with van der Waals surface area (Å²) in [4.78, 5) is 4.90. The van der Waals surface area contributed by atoms with Crippen LogP contribution in [0.5, 0.6) is 0 Å². The molecule has 0 bridgehead atoms. The molecule has 18 heavy (non-hydrogen) atoms. The zero-order chi connectivity index (χ0) is 11.8. The van der Waals surface area contributed by atoms with Crippen molar-refractivity contribution in [2.45, 2.75) is 31.1 Å². The number of allylic oxidation sites excluding steroid dienone is 2. The largest absolute Gasteiger partial charge is 0.252 e. The van der Waals surface area contributed by atoms with Crippen LogP contribution in [0.4, 0.5) is 0 Å². The number of hydrogen-bond acceptors (Lipinski definition) is 1. The average molecular weight is 233 g/mol. The van der Waals surface area contributed by atoms with Crippen molar-refractivity contribution < 1.29 is 0 Å². The quantitative estimate of drug-likeness (QED) is 0.632. The van der Waals surface area contributed by atoms with E-state index in [0.29, 0.717) is 10.8 Å². The highest BCUT2D eigenvalue weighted by molar-refractivity contribution is 5.74. The van der Waals surface area contributed by atoms with Gasteiger partial charge in [-0.25, -0.2) is 0 Å². The maximum atomic E-state index is 4.90. The summed E-state index contributed by atoms with van der Waals surface area (Å²) < 4.78 is 0. The van der Waals surface area contributed by atoms with E-state index >= 15 is 0 Å². The molecule has 1 nitrogen and oxygen atoms in total. The molecule has 1 heterocycles. The first-order valence-electron chi connectivity index (χ1n) is 6.88. The molecule has 2 unspecified atom stereocenters. The van der Waals surface area contributed by atoms with E-state index in [-0.39, 0.29) is 0 Å². The SMILES string of the molecule is C1=CCC23CC2(C1)Cc1nc2cccccc-2c13. The summed E-state index contributed by atoms with van der Waals surface area (Å²) in [6, 6.07) is 10.8. The molecule has 4 aliphatic carbocycles. The lowest BCUT2D eigenvalue weighted by Crippen LogP contribution is -2.16. The maximum Gasteiger partial charge on any atom is 0.0709 e. The first kappa shape index (κ1) is 9.32. The minimum Gasteiger partial charge on any atom is -0.252 e. The summed E-state index contributed by atoms with van der Waals surface area (Å²) in [7, 11) is 0. The summed E-state index contributed by atoms with van der Waals surface area (Å²) >= 11 is 0. The van der Waals surface area contributed by atoms with Gasteiger partial charge in [-0.05, 0) is 42.7 Å². The molecule has 0 saturated heterocycles. The van der Waals surface area contributed by atoms with Crippen LogP contribution >= 0.6 is 0 Å². The van der Waals surface area contributed by atoms with Gasteiger partial charge in [-0.1, -0.05) is 36.4 Å². The van der Waals surface area contributed by atoms with E-state index in [9.17, 15) is 0 Å². The summed E-state index contributed by atoms with van der Waals surface area (Å²) in [5, 5.41) is 0. The minimum absolute atomic E-state index is 0.459. The van der Waals surface area contributed by atoms with Gasteiger partial charge in [0.25, 0.3) is 0 Å². The molecular formula is C17H15N. The predicted molar refractivity (Wildman–Crippen MR) is 71.7 cm³/mol. The van der Waals surface area contributed by atoms with Crippen LogP contribution in [0.25, 0.3) is 11.3 Å². The number of fused-ring (bicyclic) bond motifs is 3. The molecule has 0 amide bonds. The predicted octanol–water partition coefficient (Wildman–Crippen LogP) is 3.72. The van der Waals surface area contributed by atoms with Gasteiger partial charge < -0.3 is 0 Å². The van der Waals surface area contributed by atoms with Crippen LogP contribution in [-0.4, -0.2) is 4.98 Å². The van der Waals surface area contributed by atoms with Crippen molar-refractivity contribution in [1.82, 2.24) is 4.98 Å². The van der Waals surface area contributed by atoms with Gasteiger partial charge in [0.2, 0.25) is 0 Å². The van der Waals surface area contributed by atoms with Gasteiger partial charge in [0, 0.05) is 16.7 Å². The van der Waals surface area contributed by atoms with E-state index in [0.717, 1.165) is 0 Å². The highest BCUT2D eigenvalue weighted by Gasteiger charge is 2.72. The molecule has 1 aliphatic heterocycles. The van der Waals surface area contributed by atoms with E-state index in [2.05, 4.69) is 42.5 Å². The van der Waals surface area contributed by atoms with Crippen molar-refractivity contribution >= 4 is 0 Å². The van der Waals surface area contributed by atoms with Gasteiger partial charge in [0.1, 0.15) is 0 Å². The molecule has 0 spiro atoms. The molecule has 0 aromatic rings. The fourth-order valence-electron chi connectivity index (χ4n) is 4.63. The number of aromatic nitrogens is 1. The average Bonchev–Trinajstić information content (AvgIpc) is 2.90. The van der Waals surface area contributed by atoms with Crippen molar-refractivity contribution in [3.63, 3.8) is 0 Å². The topological polar surface area (TPSA) is 12.9 Å². The monoisotopic (exact) mass is 233 g/mol. The summed E-state index contributed by atoms with van der Waals surface area (Å²) in [6.45, 7) is 0. The van der Waals surface area contributed by atoms with Gasteiger partial charge in [0.15, 0.2) is 0 Å². The smallest absolute Gasteiger partial charge is 0.0709 e. The molecule has 2 atom stereocenters. The molecule has 1 fully saturated rings. The van der Waals surface area contributed by atoms with Gasteiger partial charge in [-0.3, -0.25) is 4.98 Å². The second-order valence-electron chi connectivity index (χ2n) is 6.24. The van der Waals surface area contributed by atoms with E-state index in [4.69, 9.17) is 4.98 Å². The Morgan fingerprint density at radius 1 is 1.00 bits per heavy atom. The summed E-state index contributed by atoms with van der Waals surface area (Å²) in [5.74, 6) is 0. The van der Waals surface area contributed by atoms with Gasteiger partial charge >= 0.3 is 0 Å². The van der Waals surface area contributed by atoms with Gasteiger partial charge in [-0.15, -0.1) is 0 Å². The van der Waals surface area contributed by atoms with Crippen LogP contribution in [-0.2, 0) is 11.8 Å². The van der Waals surface area contributed by atoms with E-state index in [1.54, 1.807) is 5.56 Å². The van der Waals surface area contributed by atoms with Crippen molar-refractivity contribution in [2.75, 3.05) is 0 Å². The molecule has 1 saturated carbocycles. The third-order valence-corrected chi connectivity index (χ3v) is 5.48. The van der Waals surface area contributed by atoms with E-state index in [1.807, 2.05) is 0 Å². The van der Waals surface area contributed by atoms with Crippen molar-refractivity contribution in [2.24, 2.45) is 5.41 Å². The minimum atomic E-state index is 0.459. The first-order valence-corrected chi connectivity index (χ1v) is 6.88. The Hall–Kier alpha value is -1.63. The zero-order valence-corrected chi connectivity index (χ0v) is 10.3. The van der Waals surface area contributed by atoms with Crippen LogP contribution in [0.3, 0.4) is 0 Å². The molecule has 5 aliphatic rings. The Balaban J connectivity index is 1.82.